The van der Waals surface area contributed by atoms with Gasteiger partial charge in [0.05, 0.1) is 12.2 Å². The Labute approximate surface area is 134 Å². The van der Waals surface area contributed by atoms with Crippen molar-refractivity contribution in [3.63, 3.8) is 0 Å². The summed E-state index contributed by atoms with van der Waals surface area (Å²) in [6.07, 6.45) is -0.0718. The third-order valence-corrected chi connectivity index (χ3v) is 3.76. The summed E-state index contributed by atoms with van der Waals surface area (Å²) >= 11 is 6.05. The second-order valence-electron chi connectivity index (χ2n) is 5.45. The van der Waals surface area contributed by atoms with Crippen LogP contribution in [0.5, 0.6) is 5.75 Å². The molecule has 1 atom stereocenters. The van der Waals surface area contributed by atoms with E-state index in [1.165, 1.54) is 0 Å². The number of nitrogens with one attached hydrogen (secondary N) is 1. The molecule has 1 N–H and O–H groups in total. The predicted molar refractivity (Wildman–Crippen MR) is 89.1 cm³/mol. The minimum absolute atomic E-state index is 0.0718. The standard InChI is InChI=1S/C17H17ClN2O2/c1-11-3-6-14(7-4-11)19-17(21)20-10-12(2)22-16-8-5-13(18)9-15(16)20/h3-9,12H,10H2,1-2H3,(H,19,21)/t12-/m0/s1. The molecular formula is C17H17ClN2O2. The smallest absolute Gasteiger partial charge is 0.326 e. The molecule has 0 aliphatic carbocycles. The molecular weight excluding hydrogens is 300 g/mol. The van der Waals surface area contributed by atoms with Gasteiger partial charge in [-0.3, -0.25) is 4.90 Å². The van der Waals surface area contributed by atoms with Gasteiger partial charge in [0.1, 0.15) is 11.9 Å². The molecule has 0 aromatic heterocycles. The molecule has 0 saturated heterocycles. The molecule has 114 valence electrons. The fourth-order valence-corrected chi connectivity index (χ4v) is 2.60. The van der Waals surface area contributed by atoms with E-state index in [2.05, 4.69) is 5.32 Å². The monoisotopic (exact) mass is 316 g/mol. The zero-order valence-electron chi connectivity index (χ0n) is 12.5. The van der Waals surface area contributed by atoms with Gasteiger partial charge in [0.25, 0.3) is 0 Å². The minimum Gasteiger partial charge on any atom is -0.487 e. The SMILES string of the molecule is Cc1ccc(NC(=O)N2C[C@H](C)Oc3ccc(Cl)cc32)cc1. The first-order chi connectivity index (χ1) is 10.5. The van der Waals surface area contributed by atoms with Crippen molar-refractivity contribution >= 4 is 29.0 Å². The van der Waals surface area contributed by atoms with Gasteiger partial charge in [-0.1, -0.05) is 29.3 Å². The summed E-state index contributed by atoms with van der Waals surface area (Å²) in [6, 6.07) is 12.8. The van der Waals surface area contributed by atoms with Crippen molar-refractivity contribution in [3.05, 3.63) is 53.1 Å². The zero-order chi connectivity index (χ0) is 15.7. The lowest BCUT2D eigenvalue weighted by molar-refractivity contribution is 0.208. The lowest BCUT2D eigenvalue weighted by Gasteiger charge is -2.33. The Morgan fingerprint density at radius 3 is 2.73 bits per heavy atom. The first-order valence-electron chi connectivity index (χ1n) is 7.14. The predicted octanol–water partition coefficient (Wildman–Crippen LogP) is 4.47. The van der Waals surface area contributed by atoms with Crippen LogP contribution in [0.2, 0.25) is 5.02 Å². The van der Waals surface area contributed by atoms with E-state index < -0.39 is 0 Å². The van der Waals surface area contributed by atoms with E-state index in [9.17, 15) is 4.79 Å². The van der Waals surface area contributed by atoms with E-state index in [0.29, 0.717) is 23.0 Å². The summed E-state index contributed by atoms with van der Waals surface area (Å²) < 4.78 is 5.75. The van der Waals surface area contributed by atoms with Gasteiger partial charge in [0.15, 0.2) is 0 Å². The van der Waals surface area contributed by atoms with Gasteiger partial charge >= 0.3 is 6.03 Å². The van der Waals surface area contributed by atoms with Crippen molar-refractivity contribution in [1.29, 1.82) is 0 Å². The Hall–Kier alpha value is -2.20. The van der Waals surface area contributed by atoms with Crippen LogP contribution in [-0.2, 0) is 0 Å². The number of ether oxygens (including phenoxy) is 1. The van der Waals surface area contributed by atoms with Crippen LogP contribution in [0.4, 0.5) is 16.2 Å². The summed E-state index contributed by atoms with van der Waals surface area (Å²) in [7, 11) is 0. The van der Waals surface area contributed by atoms with Crippen molar-refractivity contribution in [2.24, 2.45) is 0 Å². The molecule has 2 aromatic carbocycles. The van der Waals surface area contributed by atoms with Crippen LogP contribution in [-0.4, -0.2) is 18.7 Å². The van der Waals surface area contributed by atoms with Gasteiger partial charge in [0, 0.05) is 10.7 Å². The molecule has 0 spiro atoms. The first-order valence-corrected chi connectivity index (χ1v) is 7.52. The summed E-state index contributed by atoms with van der Waals surface area (Å²) in [5, 5.41) is 3.48. The van der Waals surface area contributed by atoms with Crippen molar-refractivity contribution in [2.75, 3.05) is 16.8 Å². The van der Waals surface area contributed by atoms with Gasteiger partial charge < -0.3 is 10.1 Å². The Morgan fingerprint density at radius 1 is 1.27 bits per heavy atom. The minimum atomic E-state index is -0.192. The van der Waals surface area contributed by atoms with Gasteiger partial charge in [-0.25, -0.2) is 4.79 Å². The summed E-state index contributed by atoms with van der Waals surface area (Å²) in [6.45, 7) is 4.42. The fraction of sp³-hybridized carbons (Fsp3) is 0.235. The van der Waals surface area contributed by atoms with Crippen molar-refractivity contribution in [3.8, 4) is 5.75 Å². The third kappa shape index (κ3) is 3.02. The van der Waals surface area contributed by atoms with Crippen molar-refractivity contribution in [2.45, 2.75) is 20.0 Å². The van der Waals surface area contributed by atoms with Crippen LogP contribution < -0.4 is 15.0 Å². The third-order valence-electron chi connectivity index (χ3n) is 3.53. The van der Waals surface area contributed by atoms with Crippen LogP contribution in [0.1, 0.15) is 12.5 Å². The fourth-order valence-electron chi connectivity index (χ4n) is 2.43. The molecule has 1 aliphatic rings. The molecule has 1 aliphatic heterocycles. The number of aryl methyl sites for hydroxylation is 1. The Bertz CT molecular complexity index is 700. The Balaban J connectivity index is 1.86. The number of hydrogen-bond donors (Lipinski definition) is 1. The number of carbonyl (C=O) groups is 1. The van der Waals surface area contributed by atoms with E-state index in [1.807, 2.05) is 38.1 Å². The van der Waals surface area contributed by atoms with E-state index in [1.54, 1.807) is 23.1 Å². The largest absolute Gasteiger partial charge is 0.487 e. The molecule has 0 radical (unpaired) electrons. The molecule has 0 bridgehead atoms. The van der Waals surface area contributed by atoms with Crippen molar-refractivity contribution in [1.82, 2.24) is 0 Å². The summed E-state index contributed by atoms with van der Waals surface area (Å²) in [5.41, 5.74) is 2.60. The Kier molecular flexibility index (Phi) is 3.94. The highest BCUT2D eigenvalue weighted by atomic mass is 35.5. The molecule has 5 heteroatoms. The molecule has 0 fully saturated rings. The molecule has 3 rings (SSSR count). The van der Waals surface area contributed by atoms with E-state index in [4.69, 9.17) is 16.3 Å². The highest BCUT2D eigenvalue weighted by Gasteiger charge is 2.27. The number of anilines is 2. The normalized spacial score (nSPS) is 16.7. The maximum absolute atomic E-state index is 12.6. The maximum Gasteiger partial charge on any atom is 0.326 e. The molecule has 22 heavy (non-hydrogen) atoms. The lowest BCUT2D eigenvalue weighted by atomic mass is 10.2. The highest BCUT2D eigenvalue weighted by Crippen LogP contribution is 2.35. The number of amides is 2. The van der Waals surface area contributed by atoms with E-state index in [0.717, 1.165) is 11.3 Å². The number of hydrogen-bond acceptors (Lipinski definition) is 2. The zero-order valence-corrected chi connectivity index (χ0v) is 13.2. The lowest BCUT2D eigenvalue weighted by Crippen LogP contribution is -2.44. The number of rotatable bonds is 1. The number of urea groups is 1. The van der Waals surface area contributed by atoms with Crippen molar-refractivity contribution < 1.29 is 9.53 Å². The highest BCUT2D eigenvalue weighted by molar-refractivity contribution is 6.31. The number of benzene rings is 2. The average Bonchev–Trinajstić information content (AvgIpc) is 2.49. The van der Waals surface area contributed by atoms with E-state index >= 15 is 0 Å². The van der Waals surface area contributed by atoms with Gasteiger partial charge in [-0.15, -0.1) is 0 Å². The molecule has 2 aromatic rings. The van der Waals surface area contributed by atoms with E-state index in [-0.39, 0.29) is 12.1 Å². The number of carbonyl (C=O) groups excluding carboxylic acids is 1. The molecule has 4 nitrogen and oxygen atoms in total. The average molecular weight is 317 g/mol. The van der Waals surface area contributed by atoms with Gasteiger partial charge in [-0.05, 0) is 44.2 Å². The summed E-state index contributed by atoms with van der Waals surface area (Å²) in [4.78, 5) is 14.3. The van der Waals surface area contributed by atoms with Crippen LogP contribution >= 0.6 is 11.6 Å². The molecule has 1 heterocycles. The van der Waals surface area contributed by atoms with Gasteiger partial charge in [-0.2, -0.15) is 0 Å². The first kappa shape index (κ1) is 14.7. The van der Waals surface area contributed by atoms with Crippen LogP contribution in [0.25, 0.3) is 0 Å². The van der Waals surface area contributed by atoms with Gasteiger partial charge in [0.2, 0.25) is 0 Å². The van der Waals surface area contributed by atoms with Crippen LogP contribution in [0.15, 0.2) is 42.5 Å². The van der Waals surface area contributed by atoms with Crippen LogP contribution in [0, 0.1) is 6.92 Å². The maximum atomic E-state index is 12.6. The Morgan fingerprint density at radius 2 is 2.00 bits per heavy atom. The molecule has 0 saturated carbocycles. The molecule has 0 unspecified atom stereocenters. The molecule has 2 amide bonds. The number of halogens is 1. The number of fused-ring (bicyclic) bond motifs is 1. The van der Waals surface area contributed by atoms with Crippen LogP contribution in [0.3, 0.4) is 0 Å². The topological polar surface area (TPSA) is 41.6 Å². The summed E-state index contributed by atoms with van der Waals surface area (Å²) in [5.74, 6) is 0.669. The number of nitrogens with zero attached hydrogens (tertiary/aromatic N) is 1. The quantitative estimate of drug-likeness (QED) is 0.843. The second-order valence-corrected chi connectivity index (χ2v) is 5.88. The second kappa shape index (κ2) is 5.89.